The minimum atomic E-state index is -4.52. The first-order chi connectivity index (χ1) is 21.6. The van der Waals surface area contributed by atoms with Crippen molar-refractivity contribution in [2.24, 2.45) is 5.92 Å². The molecular weight excluding hydrogens is 632 g/mol. The molecule has 1 aliphatic heterocycles. The number of nitrogens with zero attached hydrogens (tertiary/aromatic N) is 2. The van der Waals surface area contributed by atoms with Crippen LogP contribution in [0, 0.1) is 11.7 Å². The number of halogens is 4. The Morgan fingerprint density at radius 1 is 1.09 bits per heavy atom. The second kappa shape index (κ2) is 14.0. The monoisotopic (exact) mass is 666 g/mol. The van der Waals surface area contributed by atoms with Gasteiger partial charge < -0.3 is 25.0 Å². The van der Waals surface area contributed by atoms with Gasteiger partial charge in [-0.25, -0.2) is 17.6 Å². The first-order valence-corrected chi connectivity index (χ1v) is 15.7. The summed E-state index contributed by atoms with van der Waals surface area (Å²) in [5.74, 6) is -1.04. The van der Waals surface area contributed by atoms with E-state index < -0.39 is 45.8 Å². The van der Waals surface area contributed by atoms with Gasteiger partial charge in [0.25, 0.3) is 10.0 Å². The molecule has 46 heavy (non-hydrogen) atoms. The van der Waals surface area contributed by atoms with Crippen LogP contribution in [0.3, 0.4) is 0 Å². The fraction of sp³-hybridized carbons (Fsp3) is 0.355. The highest BCUT2D eigenvalue weighted by molar-refractivity contribution is 7.92. The van der Waals surface area contributed by atoms with Gasteiger partial charge in [-0.15, -0.1) is 0 Å². The van der Waals surface area contributed by atoms with Crippen molar-refractivity contribution in [3.63, 3.8) is 0 Å². The predicted molar refractivity (Wildman–Crippen MR) is 162 cm³/mol. The average molecular weight is 667 g/mol. The Balaban J connectivity index is 1.58. The number of urea groups is 1. The fourth-order valence-electron chi connectivity index (χ4n) is 4.85. The fourth-order valence-corrected chi connectivity index (χ4v) is 5.90. The van der Waals surface area contributed by atoms with Crippen molar-refractivity contribution < 1.29 is 45.4 Å². The number of likely N-dealkylation sites (N-methyl/N-ethyl adjacent to an activating group) is 1. The maximum Gasteiger partial charge on any atom is 0.416 e. The lowest BCUT2D eigenvalue weighted by molar-refractivity contribution is -0.137. The quantitative estimate of drug-likeness (QED) is 0.292. The normalized spacial score (nSPS) is 17.9. The molecule has 0 spiro atoms. The summed E-state index contributed by atoms with van der Waals surface area (Å²) in [5.41, 5.74) is -0.232. The maximum absolute atomic E-state index is 13.4. The van der Waals surface area contributed by atoms with Crippen molar-refractivity contribution >= 4 is 33.3 Å². The Morgan fingerprint density at radius 3 is 2.33 bits per heavy atom. The van der Waals surface area contributed by atoms with Gasteiger partial charge >= 0.3 is 12.2 Å². The predicted octanol–water partition coefficient (Wildman–Crippen LogP) is 4.96. The van der Waals surface area contributed by atoms with Gasteiger partial charge in [-0.1, -0.05) is 6.92 Å². The van der Waals surface area contributed by atoms with Crippen molar-refractivity contribution in [1.82, 2.24) is 9.80 Å². The summed E-state index contributed by atoms with van der Waals surface area (Å²) in [4.78, 5) is 29.0. The third-order valence-corrected chi connectivity index (χ3v) is 8.95. The van der Waals surface area contributed by atoms with Gasteiger partial charge in [0, 0.05) is 36.4 Å². The van der Waals surface area contributed by atoms with Crippen LogP contribution >= 0.6 is 0 Å². The maximum atomic E-state index is 13.4. The van der Waals surface area contributed by atoms with Gasteiger partial charge in [0.15, 0.2) is 0 Å². The molecule has 0 aromatic heterocycles. The number of aliphatic hydroxyl groups excluding tert-OH is 1. The van der Waals surface area contributed by atoms with Crippen molar-refractivity contribution in [1.29, 1.82) is 0 Å². The number of rotatable bonds is 8. The Morgan fingerprint density at radius 2 is 1.72 bits per heavy atom. The van der Waals surface area contributed by atoms with E-state index >= 15 is 0 Å². The van der Waals surface area contributed by atoms with Gasteiger partial charge in [0.1, 0.15) is 17.7 Å². The molecule has 15 heteroatoms. The number of fused-ring (bicyclic) bond motifs is 1. The van der Waals surface area contributed by atoms with Crippen LogP contribution in [-0.2, 0) is 27.4 Å². The Labute approximate surface area is 264 Å². The number of hydrogen-bond acceptors (Lipinski definition) is 6. The third-order valence-electron chi connectivity index (χ3n) is 7.56. The second-order valence-electron chi connectivity index (χ2n) is 11.2. The van der Waals surface area contributed by atoms with E-state index in [0.717, 1.165) is 48.5 Å². The highest BCUT2D eigenvalue weighted by Gasteiger charge is 2.33. The number of hydrogen-bond donors (Lipinski definition) is 3. The molecule has 0 fully saturated rings. The van der Waals surface area contributed by atoms with E-state index in [-0.39, 0.29) is 60.0 Å². The number of carbonyl (C=O) groups excluding carboxylic acids is 2. The summed E-state index contributed by atoms with van der Waals surface area (Å²) in [7, 11) is -2.61. The Kier molecular flexibility index (Phi) is 10.5. The molecular formula is C31H34F4N4O6S. The molecule has 0 bridgehead atoms. The highest BCUT2D eigenvalue weighted by Crippen LogP contribution is 2.31. The van der Waals surface area contributed by atoms with Crippen molar-refractivity contribution in [3.8, 4) is 5.75 Å². The first kappa shape index (κ1) is 34.5. The molecule has 3 N–H and O–H groups in total. The molecule has 0 radical (unpaired) electrons. The molecule has 0 saturated carbocycles. The smallest absolute Gasteiger partial charge is 0.416 e. The molecule has 10 nitrogen and oxygen atoms in total. The molecule has 3 atom stereocenters. The molecule has 4 rings (SSSR count). The van der Waals surface area contributed by atoms with E-state index in [1.165, 1.54) is 35.0 Å². The summed E-state index contributed by atoms with van der Waals surface area (Å²) in [6.07, 6.45) is -5.41. The molecule has 0 saturated heterocycles. The zero-order chi connectivity index (χ0) is 33.8. The summed E-state index contributed by atoms with van der Waals surface area (Å²) in [6.45, 7) is 3.34. The highest BCUT2D eigenvalue weighted by atomic mass is 32.2. The molecule has 3 aromatic rings. The SMILES string of the molecule is C[C@@H]1CN([C@@H](C)CO)C(=O)Cc2cc(NS(=O)(=O)c3ccc(F)cc3)ccc2O[C@H]1CN(C)C(=O)Nc1ccc(C(F)(F)F)cc1. The summed E-state index contributed by atoms with van der Waals surface area (Å²) in [6, 6.07) is 11.5. The summed E-state index contributed by atoms with van der Waals surface area (Å²) in [5, 5.41) is 12.4. The minimum Gasteiger partial charge on any atom is -0.488 e. The molecule has 0 aliphatic carbocycles. The van der Waals surface area contributed by atoms with Crippen LogP contribution in [-0.4, -0.2) is 74.2 Å². The van der Waals surface area contributed by atoms with Gasteiger partial charge in [-0.05, 0) is 73.7 Å². The van der Waals surface area contributed by atoms with Crippen molar-refractivity contribution in [2.45, 2.75) is 43.5 Å². The van der Waals surface area contributed by atoms with Crippen LogP contribution in [0.1, 0.15) is 25.0 Å². The van der Waals surface area contributed by atoms with E-state index in [1.54, 1.807) is 6.92 Å². The minimum absolute atomic E-state index is 0.00155. The lowest BCUT2D eigenvalue weighted by Gasteiger charge is -2.34. The largest absolute Gasteiger partial charge is 0.488 e. The number of ether oxygens (including phenoxy) is 1. The van der Waals surface area contributed by atoms with Crippen LogP contribution < -0.4 is 14.8 Å². The van der Waals surface area contributed by atoms with Gasteiger partial charge in [0.05, 0.1) is 36.1 Å². The number of anilines is 2. The summed E-state index contributed by atoms with van der Waals surface area (Å²) < 4.78 is 86.7. The number of nitrogens with one attached hydrogen (secondary N) is 2. The standard InChI is InChI=1S/C31H34F4N4O6S/c1-19-16-39(20(2)18-40)29(41)15-21-14-25(37-46(43,44)26-11-6-23(32)7-12-26)10-13-27(21)45-28(19)17-38(3)30(42)36-24-8-4-22(5-9-24)31(33,34)35/h4-14,19-20,28,37,40H,15-18H2,1-3H3,(H,36,42)/t19-,20+,28+/m1/s1. The average Bonchev–Trinajstić information content (AvgIpc) is 3.04. The van der Waals surface area contributed by atoms with Crippen molar-refractivity contribution in [2.75, 3.05) is 36.8 Å². The number of amides is 3. The summed E-state index contributed by atoms with van der Waals surface area (Å²) >= 11 is 0. The van der Waals surface area contributed by atoms with E-state index in [4.69, 9.17) is 4.74 Å². The molecule has 3 amide bonds. The van der Waals surface area contributed by atoms with E-state index in [0.29, 0.717) is 5.56 Å². The third kappa shape index (κ3) is 8.46. The number of carbonyl (C=O) groups is 2. The topological polar surface area (TPSA) is 128 Å². The van der Waals surface area contributed by atoms with Crippen LogP contribution in [0.2, 0.25) is 0 Å². The molecule has 1 heterocycles. The number of alkyl halides is 3. The number of sulfonamides is 1. The lowest BCUT2D eigenvalue weighted by atomic mass is 10.0. The number of benzene rings is 3. The van der Waals surface area contributed by atoms with Crippen molar-refractivity contribution in [3.05, 3.63) is 83.7 Å². The van der Waals surface area contributed by atoms with Gasteiger partial charge in [0.2, 0.25) is 5.91 Å². The second-order valence-corrected chi connectivity index (χ2v) is 12.8. The molecule has 1 aliphatic rings. The van der Waals surface area contributed by atoms with Crippen LogP contribution in [0.4, 0.5) is 33.7 Å². The number of aliphatic hydroxyl groups is 1. The van der Waals surface area contributed by atoms with Crippen LogP contribution in [0.25, 0.3) is 0 Å². The Bertz CT molecular complexity index is 1650. The van der Waals surface area contributed by atoms with E-state index in [1.807, 2.05) is 6.92 Å². The van der Waals surface area contributed by atoms with E-state index in [9.17, 15) is 40.7 Å². The zero-order valence-electron chi connectivity index (χ0n) is 25.2. The van der Waals surface area contributed by atoms with Gasteiger partial charge in [-0.2, -0.15) is 13.2 Å². The molecule has 0 unspecified atom stereocenters. The molecule has 248 valence electrons. The van der Waals surface area contributed by atoms with E-state index in [2.05, 4.69) is 10.0 Å². The van der Waals surface area contributed by atoms with Gasteiger partial charge in [-0.3, -0.25) is 9.52 Å². The zero-order valence-corrected chi connectivity index (χ0v) is 26.0. The van der Waals surface area contributed by atoms with Crippen LogP contribution in [0.5, 0.6) is 5.75 Å². The Hall–Kier alpha value is -4.37. The molecule has 3 aromatic carbocycles. The first-order valence-electron chi connectivity index (χ1n) is 14.2. The van der Waals surface area contributed by atoms with Crippen LogP contribution in [0.15, 0.2) is 71.6 Å². The lowest BCUT2D eigenvalue weighted by Crippen LogP contribution is -2.48.